The molecule has 0 saturated carbocycles. The lowest BCUT2D eigenvalue weighted by Crippen LogP contribution is -1.86. The zero-order valence-corrected chi connectivity index (χ0v) is 12.6. The van der Waals surface area contributed by atoms with Crippen LogP contribution in [-0.2, 0) is 6.42 Å². The Morgan fingerprint density at radius 1 is 0.667 bits per heavy atom. The lowest BCUT2D eigenvalue weighted by Gasteiger charge is -2.09. The van der Waals surface area contributed by atoms with E-state index in [-0.39, 0.29) is 0 Å². The van der Waals surface area contributed by atoms with E-state index in [1.807, 2.05) is 0 Å². The molecule has 0 saturated heterocycles. The summed E-state index contributed by atoms with van der Waals surface area (Å²) in [6.07, 6.45) is 1.09. The highest BCUT2D eigenvalue weighted by atomic mass is 14.1. The highest BCUT2D eigenvalue weighted by molar-refractivity contribution is 5.73. The van der Waals surface area contributed by atoms with Crippen molar-refractivity contribution in [2.75, 3.05) is 0 Å². The van der Waals surface area contributed by atoms with Crippen molar-refractivity contribution in [3.05, 3.63) is 83.9 Å². The van der Waals surface area contributed by atoms with Crippen LogP contribution in [0.4, 0.5) is 0 Å². The lowest BCUT2D eigenvalue weighted by atomic mass is 9.95. The summed E-state index contributed by atoms with van der Waals surface area (Å²) < 4.78 is 0. The summed E-state index contributed by atoms with van der Waals surface area (Å²) in [5.41, 5.74) is 7.87. The minimum absolute atomic E-state index is 1.09. The van der Waals surface area contributed by atoms with Crippen LogP contribution >= 0.6 is 0 Å². The van der Waals surface area contributed by atoms with Crippen LogP contribution < -0.4 is 0 Å². The molecule has 0 atom stereocenters. The number of rotatable bonds is 3. The molecule has 21 heavy (non-hydrogen) atoms. The smallest absolute Gasteiger partial charge is 0.0154 e. The van der Waals surface area contributed by atoms with E-state index in [2.05, 4.69) is 86.6 Å². The van der Waals surface area contributed by atoms with Gasteiger partial charge in [-0.3, -0.25) is 0 Å². The Bertz CT molecular complexity index is 722. The van der Waals surface area contributed by atoms with Crippen molar-refractivity contribution in [2.24, 2.45) is 0 Å². The summed E-state index contributed by atoms with van der Waals surface area (Å²) in [4.78, 5) is 0. The first kappa shape index (κ1) is 13.6. The number of hydrogen-bond acceptors (Lipinski definition) is 0. The third-order valence-electron chi connectivity index (χ3n) is 4.01. The third kappa shape index (κ3) is 2.90. The molecule has 3 aromatic rings. The van der Waals surface area contributed by atoms with Crippen molar-refractivity contribution >= 4 is 0 Å². The molecule has 0 spiro atoms. The maximum Gasteiger partial charge on any atom is -0.0154 e. The molecule has 0 bridgehead atoms. The maximum atomic E-state index is 2.28. The van der Waals surface area contributed by atoms with Crippen molar-refractivity contribution in [1.29, 1.82) is 0 Å². The lowest BCUT2D eigenvalue weighted by molar-refractivity contribution is 1.14. The Labute approximate surface area is 127 Å². The molecule has 0 unspecified atom stereocenters. The van der Waals surface area contributed by atoms with Crippen LogP contribution in [-0.4, -0.2) is 0 Å². The van der Waals surface area contributed by atoms with Crippen molar-refractivity contribution in [3.8, 4) is 22.3 Å². The van der Waals surface area contributed by atoms with Crippen molar-refractivity contribution in [1.82, 2.24) is 0 Å². The Morgan fingerprint density at radius 3 is 1.95 bits per heavy atom. The van der Waals surface area contributed by atoms with Gasteiger partial charge in [0.25, 0.3) is 0 Å². The van der Waals surface area contributed by atoms with Gasteiger partial charge in [-0.1, -0.05) is 79.7 Å². The quantitative estimate of drug-likeness (QED) is 0.557. The largest absolute Gasteiger partial charge is 0.0622 e. The van der Waals surface area contributed by atoms with E-state index in [1.165, 1.54) is 33.4 Å². The zero-order valence-electron chi connectivity index (χ0n) is 12.6. The third-order valence-corrected chi connectivity index (χ3v) is 4.01. The SMILES string of the molecule is CCc1ccc(-c2ccc(-c3ccccc3)c(C)c2)cc1. The van der Waals surface area contributed by atoms with Crippen LogP contribution in [0.2, 0.25) is 0 Å². The molecule has 3 rings (SSSR count). The highest BCUT2D eigenvalue weighted by Crippen LogP contribution is 2.28. The fraction of sp³-hybridized carbons (Fsp3) is 0.143. The Hall–Kier alpha value is -2.34. The number of hydrogen-bond donors (Lipinski definition) is 0. The first-order valence-corrected chi connectivity index (χ1v) is 7.53. The zero-order chi connectivity index (χ0) is 14.7. The van der Waals surface area contributed by atoms with E-state index in [1.54, 1.807) is 0 Å². The van der Waals surface area contributed by atoms with Crippen molar-refractivity contribution in [3.63, 3.8) is 0 Å². The summed E-state index contributed by atoms with van der Waals surface area (Å²) in [5, 5.41) is 0. The second-order valence-electron chi connectivity index (χ2n) is 5.45. The Morgan fingerprint density at radius 2 is 1.33 bits per heavy atom. The average molecular weight is 272 g/mol. The fourth-order valence-corrected chi connectivity index (χ4v) is 2.72. The number of benzene rings is 3. The van der Waals surface area contributed by atoms with E-state index in [0.29, 0.717) is 0 Å². The van der Waals surface area contributed by atoms with Gasteiger partial charge in [0.05, 0.1) is 0 Å². The van der Waals surface area contributed by atoms with Gasteiger partial charge in [-0.2, -0.15) is 0 Å². The van der Waals surface area contributed by atoms with Crippen molar-refractivity contribution in [2.45, 2.75) is 20.3 Å². The molecule has 0 aromatic heterocycles. The molecule has 0 radical (unpaired) electrons. The van der Waals surface area contributed by atoms with Crippen LogP contribution in [0.15, 0.2) is 72.8 Å². The Kier molecular flexibility index (Phi) is 3.87. The predicted octanol–water partition coefficient (Wildman–Crippen LogP) is 5.89. The van der Waals surface area contributed by atoms with E-state index < -0.39 is 0 Å². The second kappa shape index (κ2) is 5.97. The number of aryl methyl sites for hydroxylation is 2. The van der Waals surface area contributed by atoms with Crippen molar-refractivity contribution < 1.29 is 0 Å². The van der Waals surface area contributed by atoms with E-state index in [9.17, 15) is 0 Å². The molecule has 0 aliphatic rings. The standard InChI is InChI=1S/C21H20/c1-3-17-9-11-18(12-10-17)20-13-14-21(16(2)15-20)19-7-5-4-6-8-19/h4-15H,3H2,1-2H3. The summed E-state index contributed by atoms with van der Waals surface area (Å²) >= 11 is 0. The van der Waals surface area contributed by atoms with Crippen LogP contribution in [0.25, 0.3) is 22.3 Å². The second-order valence-corrected chi connectivity index (χ2v) is 5.45. The molecule has 0 nitrogen and oxygen atoms in total. The molecule has 0 amide bonds. The molecule has 104 valence electrons. The van der Waals surface area contributed by atoms with Gasteiger partial charge < -0.3 is 0 Å². The van der Waals surface area contributed by atoms with Gasteiger partial charge in [0.1, 0.15) is 0 Å². The minimum atomic E-state index is 1.09. The molecule has 0 heterocycles. The monoisotopic (exact) mass is 272 g/mol. The molecule has 0 aliphatic carbocycles. The molecular weight excluding hydrogens is 252 g/mol. The minimum Gasteiger partial charge on any atom is -0.0622 e. The summed E-state index contributed by atoms with van der Waals surface area (Å²) in [5.74, 6) is 0. The van der Waals surface area contributed by atoms with Gasteiger partial charge in [0, 0.05) is 0 Å². The first-order chi connectivity index (χ1) is 10.3. The van der Waals surface area contributed by atoms with Gasteiger partial charge in [-0.25, -0.2) is 0 Å². The van der Waals surface area contributed by atoms with Crippen LogP contribution in [0.3, 0.4) is 0 Å². The Balaban J connectivity index is 1.97. The van der Waals surface area contributed by atoms with Gasteiger partial charge in [0.2, 0.25) is 0 Å². The van der Waals surface area contributed by atoms with Gasteiger partial charge >= 0.3 is 0 Å². The van der Waals surface area contributed by atoms with E-state index in [4.69, 9.17) is 0 Å². The van der Waals surface area contributed by atoms with Gasteiger partial charge in [-0.05, 0) is 46.7 Å². The molecule has 0 N–H and O–H groups in total. The summed E-state index contributed by atoms with van der Waals surface area (Å²) in [6.45, 7) is 4.38. The molecule has 3 aromatic carbocycles. The van der Waals surface area contributed by atoms with Crippen LogP contribution in [0.5, 0.6) is 0 Å². The maximum absolute atomic E-state index is 2.28. The predicted molar refractivity (Wildman–Crippen MR) is 91.4 cm³/mol. The van der Waals surface area contributed by atoms with E-state index in [0.717, 1.165) is 6.42 Å². The highest BCUT2D eigenvalue weighted by Gasteiger charge is 2.04. The van der Waals surface area contributed by atoms with Crippen LogP contribution in [0.1, 0.15) is 18.1 Å². The molecule has 0 fully saturated rings. The average Bonchev–Trinajstić information content (AvgIpc) is 2.55. The first-order valence-electron chi connectivity index (χ1n) is 7.53. The van der Waals surface area contributed by atoms with E-state index >= 15 is 0 Å². The topological polar surface area (TPSA) is 0 Å². The van der Waals surface area contributed by atoms with Gasteiger partial charge in [0.15, 0.2) is 0 Å². The fourth-order valence-electron chi connectivity index (χ4n) is 2.72. The van der Waals surface area contributed by atoms with Crippen LogP contribution in [0, 0.1) is 6.92 Å². The van der Waals surface area contributed by atoms with Gasteiger partial charge in [-0.15, -0.1) is 0 Å². The molecule has 0 heteroatoms. The summed E-state index contributed by atoms with van der Waals surface area (Å²) in [6, 6.07) is 26.2. The molecular formula is C21H20. The normalized spacial score (nSPS) is 10.6. The molecule has 0 aliphatic heterocycles. The summed E-state index contributed by atoms with van der Waals surface area (Å²) in [7, 11) is 0.